The van der Waals surface area contributed by atoms with E-state index in [-0.39, 0.29) is 16.7 Å². The van der Waals surface area contributed by atoms with Gasteiger partial charge in [0.15, 0.2) is 0 Å². The highest BCUT2D eigenvalue weighted by Gasteiger charge is 2.28. The maximum absolute atomic E-state index is 12.3. The van der Waals surface area contributed by atoms with Crippen molar-refractivity contribution in [2.75, 3.05) is 0 Å². The van der Waals surface area contributed by atoms with Gasteiger partial charge in [-0.2, -0.15) is 0 Å². The number of benzene rings is 1. The Morgan fingerprint density at radius 1 is 1.32 bits per heavy atom. The Bertz CT molecular complexity index is 527. The van der Waals surface area contributed by atoms with Gasteiger partial charge in [0.25, 0.3) is 0 Å². The van der Waals surface area contributed by atoms with Gasteiger partial charge >= 0.3 is 0 Å². The van der Waals surface area contributed by atoms with Crippen LogP contribution in [0.3, 0.4) is 0 Å². The van der Waals surface area contributed by atoms with Crippen molar-refractivity contribution in [2.24, 2.45) is 5.92 Å². The molecule has 5 heteroatoms. The van der Waals surface area contributed by atoms with E-state index in [4.69, 9.17) is 0 Å². The molecule has 2 atom stereocenters. The second-order valence-electron chi connectivity index (χ2n) is 5.18. The molecule has 1 aliphatic carbocycles. The third-order valence-corrected chi connectivity index (χ3v) is 5.36. The molecule has 1 fully saturated rings. The zero-order valence-corrected chi connectivity index (χ0v) is 12.0. The van der Waals surface area contributed by atoms with Gasteiger partial charge < -0.3 is 5.11 Å². The average molecular weight is 283 g/mol. The van der Waals surface area contributed by atoms with Crippen LogP contribution in [0.1, 0.15) is 39.0 Å². The zero-order valence-electron chi connectivity index (χ0n) is 11.2. The summed E-state index contributed by atoms with van der Waals surface area (Å²) in [5.41, 5.74) is 0. The van der Waals surface area contributed by atoms with E-state index in [1.165, 1.54) is 24.6 Å². The van der Waals surface area contributed by atoms with E-state index in [2.05, 4.69) is 11.6 Å². The van der Waals surface area contributed by atoms with Crippen LogP contribution in [0.2, 0.25) is 0 Å². The summed E-state index contributed by atoms with van der Waals surface area (Å²) >= 11 is 0. The highest BCUT2D eigenvalue weighted by Crippen LogP contribution is 2.28. The molecule has 2 N–H and O–H groups in total. The van der Waals surface area contributed by atoms with Gasteiger partial charge in [-0.05, 0) is 37.0 Å². The van der Waals surface area contributed by atoms with Gasteiger partial charge in [0.1, 0.15) is 5.75 Å². The lowest BCUT2D eigenvalue weighted by atomic mass is 9.83. The van der Waals surface area contributed by atoms with E-state index >= 15 is 0 Å². The molecule has 0 heterocycles. The van der Waals surface area contributed by atoms with Crippen LogP contribution in [0, 0.1) is 5.92 Å². The number of aromatic hydroxyl groups is 1. The van der Waals surface area contributed by atoms with Crippen molar-refractivity contribution in [3.05, 3.63) is 24.3 Å². The lowest BCUT2D eigenvalue weighted by Gasteiger charge is -2.31. The molecule has 2 unspecified atom stereocenters. The number of phenols is 1. The molecule has 0 radical (unpaired) electrons. The molecule has 1 aromatic rings. The Morgan fingerprint density at radius 3 is 2.74 bits per heavy atom. The molecule has 0 amide bonds. The van der Waals surface area contributed by atoms with Gasteiger partial charge in [0.05, 0.1) is 4.90 Å². The molecule has 0 aliphatic heterocycles. The standard InChI is InChI=1S/C14H21NO3S/c1-2-11-6-3-4-9-14(11)15-19(17,18)13-8-5-7-12(16)10-13/h5,7-8,10-11,14-16H,2-4,6,9H2,1H3. The Kier molecular flexibility index (Phi) is 4.47. The Labute approximate surface area is 114 Å². The van der Waals surface area contributed by atoms with Gasteiger partial charge in [-0.15, -0.1) is 0 Å². The van der Waals surface area contributed by atoms with Gasteiger partial charge in [-0.1, -0.05) is 32.3 Å². The Hall–Kier alpha value is -1.07. The fourth-order valence-corrected chi connectivity index (χ4v) is 4.15. The van der Waals surface area contributed by atoms with Crippen molar-refractivity contribution >= 4 is 10.0 Å². The molecular formula is C14H21NO3S. The van der Waals surface area contributed by atoms with Gasteiger partial charge in [-0.25, -0.2) is 13.1 Å². The highest BCUT2D eigenvalue weighted by molar-refractivity contribution is 7.89. The smallest absolute Gasteiger partial charge is 0.240 e. The van der Waals surface area contributed by atoms with Crippen molar-refractivity contribution in [3.8, 4) is 5.75 Å². The molecule has 1 aromatic carbocycles. The fourth-order valence-electron chi connectivity index (χ4n) is 2.77. The summed E-state index contributed by atoms with van der Waals surface area (Å²) in [6, 6.07) is 5.82. The molecule has 4 nitrogen and oxygen atoms in total. The maximum atomic E-state index is 12.3. The molecule has 0 bridgehead atoms. The van der Waals surface area contributed by atoms with Crippen LogP contribution in [0.4, 0.5) is 0 Å². The predicted molar refractivity (Wildman–Crippen MR) is 74.5 cm³/mol. The van der Waals surface area contributed by atoms with E-state index in [1.54, 1.807) is 6.07 Å². The first-order valence-electron chi connectivity index (χ1n) is 6.84. The maximum Gasteiger partial charge on any atom is 0.240 e. The molecule has 2 rings (SSSR count). The summed E-state index contributed by atoms with van der Waals surface area (Å²) in [6.45, 7) is 2.10. The first-order chi connectivity index (χ1) is 9.03. The van der Waals surface area contributed by atoms with Crippen molar-refractivity contribution < 1.29 is 13.5 Å². The number of phenolic OH excluding ortho intramolecular Hbond substituents is 1. The lowest BCUT2D eigenvalue weighted by molar-refractivity contribution is 0.282. The van der Waals surface area contributed by atoms with E-state index in [0.717, 1.165) is 25.7 Å². The predicted octanol–water partition coefficient (Wildman–Crippen LogP) is 2.64. The third-order valence-electron chi connectivity index (χ3n) is 3.87. The Balaban J connectivity index is 2.16. The van der Waals surface area contributed by atoms with E-state index in [1.807, 2.05) is 0 Å². The summed E-state index contributed by atoms with van der Waals surface area (Å²) in [5, 5.41) is 9.39. The molecule has 106 valence electrons. The molecule has 0 spiro atoms. The van der Waals surface area contributed by atoms with Crippen molar-refractivity contribution in [2.45, 2.75) is 50.0 Å². The largest absolute Gasteiger partial charge is 0.508 e. The van der Waals surface area contributed by atoms with Crippen molar-refractivity contribution in [1.29, 1.82) is 0 Å². The fraction of sp³-hybridized carbons (Fsp3) is 0.571. The number of hydrogen-bond donors (Lipinski definition) is 2. The number of rotatable bonds is 4. The van der Waals surface area contributed by atoms with Crippen LogP contribution >= 0.6 is 0 Å². The van der Waals surface area contributed by atoms with E-state index in [9.17, 15) is 13.5 Å². The monoisotopic (exact) mass is 283 g/mol. The molecule has 0 aromatic heterocycles. The van der Waals surface area contributed by atoms with Crippen LogP contribution in [-0.4, -0.2) is 19.6 Å². The minimum Gasteiger partial charge on any atom is -0.508 e. The number of hydrogen-bond acceptors (Lipinski definition) is 3. The molecule has 1 aliphatic rings. The normalized spacial score (nSPS) is 24.3. The zero-order chi connectivity index (χ0) is 13.9. The van der Waals surface area contributed by atoms with Crippen molar-refractivity contribution in [3.63, 3.8) is 0 Å². The topological polar surface area (TPSA) is 66.4 Å². The van der Waals surface area contributed by atoms with E-state index < -0.39 is 10.0 Å². The molecular weight excluding hydrogens is 262 g/mol. The van der Waals surface area contributed by atoms with Crippen LogP contribution in [0.15, 0.2) is 29.2 Å². The molecule has 0 saturated heterocycles. The molecule has 19 heavy (non-hydrogen) atoms. The summed E-state index contributed by atoms with van der Waals surface area (Å²) in [4.78, 5) is 0.132. The van der Waals surface area contributed by atoms with Crippen LogP contribution < -0.4 is 4.72 Å². The number of sulfonamides is 1. The molecule has 1 saturated carbocycles. The van der Waals surface area contributed by atoms with Crippen molar-refractivity contribution in [1.82, 2.24) is 4.72 Å². The summed E-state index contributed by atoms with van der Waals surface area (Å²) in [7, 11) is -3.54. The highest BCUT2D eigenvalue weighted by atomic mass is 32.2. The summed E-state index contributed by atoms with van der Waals surface area (Å²) < 4.78 is 27.4. The third kappa shape index (κ3) is 3.48. The minimum atomic E-state index is -3.54. The van der Waals surface area contributed by atoms with Crippen LogP contribution in [0.5, 0.6) is 5.75 Å². The Morgan fingerprint density at radius 2 is 2.05 bits per heavy atom. The number of nitrogens with one attached hydrogen (secondary N) is 1. The average Bonchev–Trinajstić information content (AvgIpc) is 2.39. The van der Waals surface area contributed by atoms with Gasteiger partial charge in [0.2, 0.25) is 10.0 Å². The first-order valence-corrected chi connectivity index (χ1v) is 8.32. The summed E-state index contributed by atoms with van der Waals surface area (Å²) in [5.74, 6) is 0.388. The van der Waals surface area contributed by atoms with Gasteiger partial charge in [0, 0.05) is 6.04 Å². The van der Waals surface area contributed by atoms with Crippen LogP contribution in [0.25, 0.3) is 0 Å². The first kappa shape index (κ1) is 14.3. The quantitative estimate of drug-likeness (QED) is 0.892. The second kappa shape index (κ2) is 5.92. The van der Waals surface area contributed by atoms with Crippen LogP contribution in [-0.2, 0) is 10.0 Å². The van der Waals surface area contributed by atoms with Gasteiger partial charge in [-0.3, -0.25) is 0 Å². The summed E-state index contributed by atoms with van der Waals surface area (Å²) in [6.07, 6.45) is 5.24. The second-order valence-corrected chi connectivity index (χ2v) is 6.89. The minimum absolute atomic E-state index is 0.0195. The SMILES string of the molecule is CCC1CCCCC1NS(=O)(=O)c1cccc(O)c1. The lowest BCUT2D eigenvalue weighted by Crippen LogP contribution is -2.41. The van der Waals surface area contributed by atoms with E-state index in [0.29, 0.717) is 5.92 Å².